The largest absolute Gasteiger partial charge is 0.370 e. The Kier molecular flexibility index (Phi) is 2.91. The topological polar surface area (TPSA) is 90.2 Å². The minimum atomic E-state index is -0.0287. The summed E-state index contributed by atoms with van der Waals surface area (Å²) in [6.45, 7) is 4.06. The number of guanidine groups is 1. The average molecular weight is 229 g/mol. The Labute approximate surface area is 99.6 Å². The van der Waals surface area contributed by atoms with Crippen LogP contribution in [0.15, 0.2) is 23.2 Å². The van der Waals surface area contributed by atoms with Crippen molar-refractivity contribution in [2.75, 3.05) is 0 Å². The summed E-state index contributed by atoms with van der Waals surface area (Å²) in [5.74, 6) is 0.291. The molecule has 0 atom stereocenters. The zero-order valence-corrected chi connectivity index (χ0v) is 9.94. The molecule has 2 aromatic rings. The summed E-state index contributed by atoms with van der Waals surface area (Å²) < 4.78 is 0. The molecular formula is C12H15N5. The SMILES string of the molecule is CCc1nc(N=C(N)N)nc2cc(C)ccc12. The van der Waals surface area contributed by atoms with E-state index < -0.39 is 0 Å². The van der Waals surface area contributed by atoms with Crippen LogP contribution in [-0.4, -0.2) is 15.9 Å². The first kappa shape index (κ1) is 11.3. The molecule has 1 aromatic heterocycles. The minimum Gasteiger partial charge on any atom is -0.370 e. The molecule has 2 rings (SSSR count). The molecule has 0 bridgehead atoms. The molecule has 0 aliphatic carbocycles. The number of hydrogen-bond acceptors (Lipinski definition) is 3. The van der Waals surface area contributed by atoms with Gasteiger partial charge in [0.15, 0.2) is 5.96 Å². The maximum atomic E-state index is 5.34. The average Bonchev–Trinajstić information content (AvgIpc) is 2.26. The molecule has 0 saturated carbocycles. The minimum absolute atomic E-state index is 0.0287. The van der Waals surface area contributed by atoms with Crippen LogP contribution in [0.1, 0.15) is 18.2 Å². The van der Waals surface area contributed by atoms with Gasteiger partial charge in [-0.3, -0.25) is 0 Å². The number of aliphatic imine (C=N–C) groups is 1. The molecule has 0 aliphatic heterocycles. The molecule has 0 aliphatic rings. The van der Waals surface area contributed by atoms with E-state index in [1.807, 2.05) is 32.0 Å². The molecule has 17 heavy (non-hydrogen) atoms. The molecule has 0 amide bonds. The van der Waals surface area contributed by atoms with Crippen molar-refractivity contribution < 1.29 is 0 Å². The van der Waals surface area contributed by atoms with E-state index in [1.165, 1.54) is 0 Å². The van der Waals surface area contributed by atoms with Gasteiger partial charge in [-0.1, -0.05) is 19.1 Å². The Balaban J connectivity index is 2.71. The molecular weight excluding hydrogens is 214 g/mol. The number of fused-ring (bicyclic) bond motifs is 1. The van der Waals surface area contributed by atoms with Crippen molar-refractivity contribution in [1.29, 1.82) is 0 Å². The number of rotatable bonds is 2. The normalized spacial score (nSPS) is 10.5. The molecule has 4 N–H and O–H groups in total. The van der Waals surface area contributed by atoms with Crippen molar-refractivity contribution in [1.82, 2.24) is 9.97 Å². The number of nitrogens with two attached hydrogens (primary N) is 2. The lowest BCUT2D eigenvalue weighted by Crippen LogP contribution is -2.22. The molecule has 0 unspecified atom stereocenters. The predicted octanol–water partition coefficient (Wildman–Crippen LogP) is 1.41. The summed E-state index contributed by atoms with van der Waals surface area (Å²) in [5, 5.41) is 1.05. The quantitative estimate of drug-likeness (QED) is 0.601. The highest BCUT2D eigenvalue weighted by Crippen LogP contribution is 2.20. The van der Waals surface area contributed by atoms with E-state index in [1.54, 1.807) is 0 Å². The number of aromatic nitrogens is 2. The van der Waals surface area contributed by atoms with Gasteiger partial charge in [-0.15, -0.1) is 0 Å². The second-order valence-corrected chi connectivity index (χ2v) is 3.88. The van der Waals surface area contributed by atoms with Gasteiger partial charge in [0.1, 0.15) is 0 Å². The lowest BCUT2D eigenvalue weighted by molar-refractivity contribution is 1.02. The Morgan fingerprint density at radius 1 is 1.29 bits per heavy atom. The van der Waals surface area contributed by atoms with Gasteiger partial charge in [0.2, 0.25) is 0 Å². The summed E-state index contributed by atoms with van der Waals surface area (Å²) in [6.07, 6.45) is 0.815. The van der Waals surface area contributed by atoms with Crippen molar-refractivity contribution in [3.8, 4) is 0 Å². The van der Waals surface area contributed by atoms with Crippen LogP contribution in [-0.2, 0) is 6.42 Å². The van der Waals surface area contributed by atoms with E-state index in [0.29, 0.717) is 5.95 Å². The zero-order chi connectivity index (χ0) is 12.4. The van der Waals surface area contributed by atoms with Gasteiger partial charge in [-0.2, -0.15) is 4.99 Å². The van der Waals surface area contributed by atoms with Gasteiger partial charge >= 0.3 is 0 Å². The summed E-state index contributed by atoms with van der Waals surface area (Å²) in [7, 11) is 0. The maximum absolute atomic E-state index is 5.34. The van der Waals surface area contributed by atoms with Crippen LogP contribution in [0, 0.1) is 6.92 Å². The molecule has 1 aromatic carbocycles. The lowest BCUT2D eigenvalue weighted by Gasteiger charge is -2.05. The van der Waals surface area contributed by atoms with Crippen molar-refractivity contribution in [2.24, 2.45) is 16.5 Å². The van der Waals surface area contributed by atoms with Gasteiger partial charge in [0.25, 0.3) is 5.95 Å². The molecule has 88 valence electrons. The van der Waals surface area contributed by atoms with Crippen LogP contribution < -0.4 is 11.5 Å². The monoisotopic (exact) mass is 229 g/mol. The van der Waals surface area contributed by atoms with Gasteiger partial charge in [0, 0.05) is 5.39 Å². The van der Waals surface area contributed by atoms with E-state index in [0.717, 1.165) is 28.6 Å². The fourth-order valence-electron chi connectivity index (χ4n) is 1.73. The maximum Gasteiger partial charge on any atom is 0.253 e. The number of hydrogen-bond donors (Lipinski definition) is 2. The number of nitrogens with zero attached hydrogens (tertiary/aromatic N) is 3. The molecule has 0 saturated heterocycles. The highest BCUT2D eigenvalue weighted by molar-refractivity contribution is 5.83. The summed E-state index contributed by atoms with van der Waals surface area (Å²) >= 11 is 0. The van der Waals surface area contributed by atoms with Gasteiger partial charge in [-0.05, 0) is 25.0 Å². The molecule has 0 radical (unpaired) electrons. The van der Waals surface area contributed by atoms with Crippen LogP contribution >= 0.6 is 0 Å². The van der Waals surface area contributed by atoms with E-state index in [-0.39, 0.29) is 5.96 Å². The summed E-state index contributed by atoms with van der Waals surface area (Å²) in [5.41, 5.74) is 13.6. The van der Waals surface area contributed by atoms with Crippen molar-refractivity contribution in [3.05, 3.63) is 29.5 Å². The summed E-state index contributed by atoms with van der Waals surface area (Å²) in [6, 6.07) is 6.08. The highest BCUT2D eigenvalue weighted by Gasteiger charge is 2.06. The van der Waals surface area contributed by atoms with Crippen molar-refractivity contribution in [2.45, 2.75) is 20.3 Å². The first-order valence-electron chi connectivity index (χ1n) is 5.47. The van der Waals surface area contributed by atoms with Crippen LogP contribution in [0.4, 0.5) is 5.95 Å². The first-order valence-corrected chi connectivity index (χ1v) is 5.47. The number of aryl methyl sites for hydroxylation is 2. The Morgan fingerprint density at radius 3 is 2.71 bits per heavy atom. The zero-order valence-electron chi connectivity index (χ0n) is 9.94. The van der Waals surface area contributed by atoms with Crippen molar-refractivity contribution in [3.63, 3.8) is 0 Å². The Morgan fingerprint density at radius 2 is 2.06 bits per heavy atom. The molecule has 0 spiro atoms. The molecule has 1 heterocycles. The van der Waals surface area contributed by atoms with Crippen LogP contribution in [0.5, 0.6) is 0 Å². The highest BCUT2D eigenvalue weighted by atomic mass is 15.1. The Bertz CT molecular complexity index is 585. The smallest absolute Gasteiger partial charge is 0.253 e. The van der Waals surface area contributed by atoms with E-state index in [4.69, 9.17) is 11.5 Å². The molecule has 5 heteroatoms. The van der Waals surface area contributed by atoms with Crippen LogP contribution in [0.25, 0.3) is 10.9 Å². The first-order chi connectivity index (χ1) is 8.10. The second-order valence-electron chi connectivity index (χ2n) is 3.88. The van der Waals surface area contributed by atoms with E-state index in [9.17, 15) is 0 Å². The van der Waals surface area contributed by atoms with Crippen LogP contribution in [0.3, 0.4) is 0 Å². The predicted molar refractivity (Wildman–Crippen MR) is 69.1 cm³/mol. The fourth-order valence-corrected chi connectivity index (χ4v) is 1.73. The van der Waals surface area contributed by atoms with Gasteiger partial charge < -0.3 is 11.5 Å². The Hall–Kier alpha value is -2.17. The number of benzene rings is 1. The van der Waals surface area contributed by atoms with Gasteiger partial charge in [-0.25, -0.2) is 9.97 Å². The van der Waals surface area contributed by atoms with Crippen LogP contribution in [0.2, 0.25) is 0 Å². The molecule has 0 fully saturated rings. The third-order valence-corrected chi connectivity index (χ3v) is 2.48. The third kappa shape index (κ3) is 2.33. The standard InChI is InChI=1S/C12H15N5/c1-3-9-8-5-4-7(2)6-10(8)16-12(15-9)17-11(13)14/h4-6H,3H2,1-2H3,(H4,13,14,15,16,17). The fraction of sp³-hybridized carbons (Fsp3) is 0.250. The van der Waals surface area contributed by atoms with Gasteiger partial charge in [0.05, 0.1) is 11.2 Å². The summed E-state index contributed by atoms with van der Waals surface area (Å²) in [4.78, 5) is 12.6. The van der Waals surface area contributed by atoms with E-state index >= 15 is 0 Å². The lowest BCUT2D eigenvalue weighted by atomic mass is 10.1. The second kappa shape index (κ2) is 4.37. The van der Waals surface area contributed by atoms with E-state index in [2.05, 4.69) is 15.0 Å². The third-order valence-electron chi connectivity index (χ3n) is 2.48. The molecule has 5 nitrogen and oxygen atoms in total. The van der Waals surface area contributed by atoms with Crippen molar-refractivity contribution >= 4 is 22.8 Å².